The van der Waals surface area contributed by atoms with Crippen molar-refractivity contribution in [3.63, 3.8) is 0 Å². The number of amides is 1. The van der Waals surface area contributed by atoms with E-state index >= 15 is 0 Å². The van der Waals surface area contributed by atoms with Gasteiger partial charge in [-0.1, -0.05) is 31.9 Å². The molecule has 0 unspecified atom stereocenters. The first kappa shape index (κ1) is 19.3. The van der Waals surface area contributed by atoms with Crippen LogP contribution < -0.4 is 10.1 Å². The molecule has 0 radical (unpaired) electrons. The van der Waals surface area contributed by atoms with Gasteiger partial charge in [0.25, 0.3) is 5.91 Å². The molecule has 1 aromatic rings. The van der Waals surface area contributed by atoms with E-state index in [1.54, 1.807) is 0 Å². The summed E-state index contributed by atoms with van der Waals surface area (Å²) >= 11 is 0. The Kier molecular flexibility index (Phi) is 7.76. The third-order valence-corrected chi connectivity index (χ3v) is 4.61. The minimum atomic E-state index is -0.361. The van der Waals surface area contributed by atoms with Gasteiger partial charge in [-0.05, 0) is 49.8 Å². The lowest BCUT2D eigenvalue weighted by Gasteiger charge is -2.29. The molecule has 1 amide bonds. The van der Waals surface area contributed by atoms with Crippen molar-refractivity contribution in [3.05, 3.63) is 29.8 Å². The average molecular weight is 347 g/mol. The van der Waals surface area contributed by atoms with Gasteiger partial charge >= 0.3 is 5.97 Å². The standard InChI is InChI=1S/C20H29NO4/c1-15-7-5-9-17(13-15)24-12-6-11-20(23)25-14-19(22)21-18-10-4-3-8-16(18)2/h5,7,9,13,16,18H,3-4,6,8,10-12,14H2,1-2H3,(H,21,22)/t16-,18+/m0/s1. The molecule has 1 saturated carbocycles. The van der Waals surface area contributed by atoms with Crippen molar-refractivity contribution in [2.75, 3.05) is 13.2 Å². The number of aryl methyl sites for hydroxylation is 1. The van der Waals surface area contributed by atoms with Crippen LogP contribution in [-0.2, 0) is 14.3 Å². The fourth-order valence-electron chi connectivity index (χ4n) is 3.11. The number of ether oxygens (including phenoxy) is 2. The van der Waals surface area contributed by atoms with Gasteiger partial charge in [0.1, 0.15) is 5.75 Å². The van der Waals surface area contributed by atoms with Gasteiger partial charge in [0.2, 0.25) is 0 Å². The normalized spacial score (nSPS) is 19.9. The van der Waals surface area contributed by atoms with Gasteiger partial charge in [0, 0.05) is 12.5 Å². The van der Waals surface area contributed by atoms with Crippen molar-refractivity contribution in [1.29, 1.82) is 0 Å². The van der Waals surface area contributed by atoms with E-state index in [4.69, 9.17) is 9.47 Å². The maximum atomic E-state index is 11.9. The SMILES string of the molecule is Cc1cccc(OCCCC(=O)OCC(=O)N[C@@H]2CCCC[C@@H]2C)c1. The lowest BCUT2D eigenvalue weighted by atomic mass is 9.86. The summed E-state index contributed by atoms with van der Waals surface area (Å²) in [4.78, 5) is 23.6. The minimum Gasteiger partial charge on any atom is -0.494 e. The molecule has 0 spiro atoms. The van der Waals surface area contributed by atoms with Crippen LogP contribution in [-0.4, -0.2) is 31.1 Å². The monoisotopic (exact) mass is 347 g/mol. The summed E-state index contributed by atoms with van der Waals surface area (Å²) in [6.07, 6.45) is 5.35. The minimum absolute atomic E-state index is 0.194. The maximum Gasteiger partial charge on any atom is 0.306 e. The molecule has 1 aliphatic carbocycles. The zero-order chi connectivity index (χ0) is 18.1. The smallest absolute Gasteiger partial charge is 0.306 e. The molecule has 5 heteroatoms. The zero-order valence-electron chi connectivity index (χ0n) is 15.3. The largest absolute Gasteiger partial charge is 0.494 e. The fourth-order valence-corrected chi connectivity index (χ4v) is 3.11. The van der Waals surface area contributed by atoms with E-state index in [0.717, 1.165) is 30.6 Å². The van der Waals surface area contributed by atoms with E-state index in [0.29, 0.717) is 18.9 Å². The number of carbonyl (C=O) groups is 2. The van der Waals surface area contributed by atoms with Crippen LogP contribution in [0, 0.1) is 12.8 Å². The molecule has 1 aliphatic rings. The van der Waals surface area contributed by atoms with Crippen LogP contribution in [0.3, 0.4) is 0 Å². The summed E-state index contributed by atoms with van der Waals surface area (Å²) < 4.78 is 10.6. The predicted octanol–water partition coefficient (Wildman–Crippen LogP) is 3.39. The molecule has 0 heterocycles. The van der Waals surface area contributed by atoms with Crippen LogP contribution in [0.4, 0.5) is 0 Å². The molecule has 2 atom stereocenters. The van der Waals surface area contributed by atoms with E-state index < -0.39 is 0 Å². The second-order valence-corrected chi connectivity index (χ2v) is 6.86. The molecule has 1 aromatic carbocycles. The predicted molar refractivity (Wildman–Crippen MR) is 96.4 cm³/mol. The molecule has 1 fully saturated rings. The molecule has 0 aliphatic heterocycles. The highest BCUT2D eigenvalue weighted by atomic mass is 16.5. The van der Waals surface area contributed by atoms with Crippen LogP contribution in [0.5, 0.6) is 5.75 Å². The van der Waals surface area contributed by atoms with Gasteiger partial charge in [-0.25, -0.2) is 0 Å². The number of hydrogen-bond donors (Lipinski definition) is 1. The Hall–Kier alpha value is -2.04. The number of hydrogen-bond acceptors (Lipinski definition) is 4. The second kappa shape index (κ2) is 10.1. The quantitative estimate of drug-likeness (QED) is 0.578. The van der Waals surface area contributed by atoms with Crippen molar-refractivity contribution >= 4 is 11.9 Å². The van der Waals surface area contributed by atoms with Gasteiger partial charge in [0.05, 0.1) is 6.61 Å². The topological polar surface area (TPSA) is 64.6 Å². The first-order chi connectivity index (χ1) is 12.0. The first-order valence-electron chi connectivity index (χ1n) is 9.19. The Bertz CT molecular complexity index is 573. The molecule has 25 heavy (non-hydrogen) atoms. The van der Waals surface area contributed by atoms with Gasteiger partial charge in [-0.15, -0.1) is 0 Å². The highest BCUT2D eigenvalue weighted by Crippen LogP contribution is 2.23. The van der Waals surface area contributed by atoms with Gasteiger partial charge < -0.3 is 14.8 Å². The third kappa shape index (κ3) is 7.16. The van der Waals surface area contributed by atoms with Crippen LogP contribution in [0.1, 0.15) is 51.0 Å². The zero-order valence-corrected chi connectivity index (χ0v) is 15.3. The average Bonchev–Trinajstić information content (AvgIpc) is 2.59. The third-order valence-electron chi connectivity index (χ3n) is 4.61. The molecule has 138 valence electrons. The lowest BCUT2D eigenvalue weighted by molar-refractivity contribution is -0.149. The van der Waals surface area contributed by atoms with Crippen LogP contribution in [0.25, 0.3) is 0 Å². The number of benzene rings is 1. The second-order valence-electron chi connectivity index (χ2n) is 6.86. The van der Waals surface area contributed by atoms with Crippen molar-refractivity contribution in [3.8, 4) is 5.75 Å². The molecule has 0 bridgehead atoms. The summed E-state index contributed by atoms with van der Waals surface area (Å²) in [7, 11) is 0. The summed E-state index contributed by atoms with van der Waals surface area (Å²) in [6.45, 7) is 4.42. The molecule has 2 rings (SSSR count). The molecule has 0 saturated heterocycles. The summed E-state index contributed by atoms with van der Waals surface area (Å²) in [5.41, 5.74) is 1.13. The molecular formula is C20H29NO4. The van der Waals surface area contributed by atoms with Crippen LogP contribution in [0.15, 0.2) is 24.3 Å². The van der Waals surface area contributed by atoms with Crippen LogP contribution >= 0.6 is 0 Å². The van der Waals surface area contributed by atoms with Gasteiger partial charge in [0.15, 0.2) is 6.61 Å². The highest BCUT2D eigenvalue weighted by molar-refractivity contribution is 5.80. The summed E-state index contributed by atoms with van der Waals surface area (Å²) in [5, 5.41) is 2.98. The van der Waals surface area contributed by atoms with E-state index in [2.05, 4.69) is 12.2 Å². The number of rotatable bonds is 8. The van der Waals surface area contributed by atoms with Crippen molar-refractivity contribution in [2.45, 2.75) is 58.4 Å². The Balaban J connectivity index is 1.56. The summed E-state index contributed by atoms with van der Waals surface area (Å²) in [5.74, 6) is 0.726. The van der Waals surface area contributed by atoms with Crippen molar-refractivity contribution in [2.24, 2.45) is 5.92 Å². The van der Waals surface area contributed by atoms with E-state index in [1.165, 1.54) is 6.42 Å². The lowest BCUT2D eigenvalue weighted by Crippen LogP contribution is -2.42. The molecular weight excluding hydrogens is 318 g/mol. The van der Waals surface area contributed by atoms with E-state index in [-0.39, 0.29) is 30.9 Å². The highest BCUT2D eigenvalue weighted by Gasteiger charge is 2.23. The van der Waals surface area contributed by atoms with E-state index in [1.807, 2.05) is 31.2 Å². The summed E-state index contributed by atoms with van der Waals surface area (Å²) in [6, 6.07) is 7.99. The molecule has 5 nitrogen and oxygen atoms in total. The fraction of sp³-hybridized carbons (Fsp3) is 0.600. The Morgan fingerprint density at radius 3 is 2.80 bits per heavy atom. The molecule has 0 aromatic heterocycles. The molecule has 1 N–H and O–H groups in total. The number of nitrogens with one attached hydrogen (secondary N) is 1. The van der Waals surface area contributed by atoms with Crippen LogP contribution in [0.2, 0.25) is 0 Å². The number of esters is 1. The number of carbonyl (C=O) groups excluding carboxylic acids is 2. The maximum absolute atomic E-state index is 11.9. The Labute approximate surface area is 150 Å². The van der Waals surface area contributed by atoms with Crippen molar-refractivity contribution < 1.29 is 19.1 Å². The van der Waals surface area contributed by atoms with Gasteiger partial charge in [-0.3, -0.25) is 9.59 Å². The van der Waals surface area contributed by atoms with E-state index in [9.17, 15) is 9.59 Å². The van der Waals surface area contributed by atoms with Crippen molar-refractivity contribution in [1.82, 2.24) is 5.32 Å². The van der Waals surface area contributed by atoms with Gasteiger partial charge in [-0.2, -0.15) is 0 Å². The Morgan fingerprint density at radius 1 is 1.24 bits per heavy atom. The Morgan fingerprint density at radius 2 is 2.04 bits per heavy atom. The first-order valence-corrected chi connectivity index (χ1v) is 9.19.